The first kappa shape index (κ1) is 12.1. The van der Waals surface area contributed by atoms with Gasteiger partial charge in [0.1, 0.15) is 0 Å². The average Bonchev–Trinajstić information content (AvgIpc) is 3.31. The standard InChI is InChI=1S/C16H14N4O/c21-16(19-11-5-6-11)20-13-9-10-3-1-7-17-14(10)15-12(13)4-2-8-18-15/h1-4,7-9,11H,5-6H2,(H2,19,20,21). The highest BCUT2D eigenvalue weighted by molar-refractivity contribution is 6.11. The van der Waals surface area contributed by atoms with Crippen LogP contribution in [0, 0.1) is 0 Å². The summed E-state index contributed by atoms with van der Waals surface area (Å²) in [7, 11) is 0. The highest BCUT2D eigenvalue weighted by Crippen LogP contribution is 2.29. The second-order valence-electron chi connectivity index (χ2n) is 5.27. The Morgan fingerprint density at radius 1 is 1.10 bits per heavy atom. The van der Waals surface area contributed by atoms with Crippen molar-refractivity contribution in [2.45, 2.75) is 18.9 Å². The van der Waals surface area contributed by atoms with E-state index in [9.17, 15) is 4.79 Å². The molecule has 1 saturated carbocycles. The number of hydrogen-bond acceptors (Lipinski definition) is 3. The number of aromatic nitrogens is 2. The summed E-state index contributed by atoms with van der Waals surface area (Å²) in [5, 5.41) is 7.72. The van der Waals surface area contributed by atoms with Gasteiger partial charge in [0.15, 0.2) is 0 Å². The zero-order valence-electron chi connectivity index (χ0n) is 11.3. The molecule has 2 N–H and O–H groups in total. The van der Waals surface area contributed by atoms with E-state index in [0.29, 0.717) is 6.04 Å². The van der Waals surface area contributed by atoms with E-state index in [2.05, 4.69) is 20.6 Å². The van der Waals surface area contributed by atoms with E-state index in [1.54, 1.807) is 12.4 Å². The van der Waals surface area contributed by atoms with Crippen molar-refractivity contribution in [1.82, 2.24) is 15.3 Å². The lowest BCUT2D eigenvalue weighted by Gasteiger charge is -2.11. The van der Waals surface area contributed by atoms with Crippen LogP contribution < -0.4 is 10.6 Å². The van der Waals surface area contributed by atoms with Gasteiger partial charge in [-0.25, -0.2) is 4.79 Å². The molecule has 2 aromatic heterocycles. The molecule has 4 rings (SSSR count). The molecule has 2 amide bonds. The third kappa shape index (κ3) is 2.27. The number of benzene rings is 1. The summed E-state index contributed by atoms with van der Waals surface area (Å²) in [5.41, 5.74) is 2.41. The third-order valence-corrected chi connectivity index (χ3v) is 3.62. The first-order chi connectivity index (χ1) is 10.3. The molecular weight excluding hydrogens is 264 g/mol. The first-order valence-corrected chi connectivity index (χ1v) is 7.01. The molecule has 5 heteroatoms. The maximum absolute atomic E-state index is 12.0. The molecule has 0 unspecified atom stereocenters. The summed E-state index contributed by atoms with van der Waals surface area (Å²) in [6.07, 6.45) is 5.63. The maximum atomic E-state index is 12.0. The first-order valence-electron chi connectivity index (χ1n) is 7.01. The van der Waals surface area contributed by atoms with Gasteiger partial charge in [0.05, 0.1) is 16.7 Å². The number of nitrogens with zero attached hydrogens (tertiary/aromatic N) is 2. The monoisotopic (exact) mass is 278 g/mol. The lowest BCUT2D eigenvalue weighted by atomic mass is 10.1. The third-order valence-electron chi connectivity index (χ3n) is 3.62. The Kier molecular flexibility index (Phi) is 2.70. The number of nitrogens with one attached hydrogen (secondary N) is 2. The largest absolute Gasteiger partial charge is 0.335 e. The van der Waals surface area contributed by atoms with Gasteiger partial charge in [-0.1, -0.05) is 6.07 Å². The fourth-order valence-electron chi connectivity index (χ4n) is 2.45. The zero-order chi connectivity index (χ0) is 14.2. The number of pyridine rings is 2. The summed E-state index contributed by atoms with van der Waals surface area (Å²) in [6, 6.07) is 9.77. The van der Waals surface area contributed by atoms with Gasteiger partial charge in [0.25, 0.3) is 0 Å². The molecule has 0 aliphatic heterocycles. The fraction of sp³-hybridized carbons (Fsp3) is 0.188. The molecule has 0 atom stereocenters. The molecular formula is C16H14N4O. The lowest BCUT2D eigenvalue weighted by molar-refractivity contribution is 0.252. The summed E-state index contributed by atoms with van der Waals surface area (Å²) in [5.74, 6) is 0. The molecule has 0 bridgehead atoms. The molecule has 1 fully saturated rings. The molecule has 1 aromatic carbocycles. The van der Waals surface area contributed by atoms with Crippen LogP contribution in [0.4, 0.5) is 10.5 Å². The molecule has 0 saturated heterocycles. The van der Waals surface area contributed by atoms with Crippen LogP contribution in [0.2, 0.25) is 0 Å². The van der Waals surface area contributed by atoms with Crippen molar-refractivity contribution in [3.05, 3.63) is 42.7 Å². The highest BCUT2D eigenvalue weighted by atomic mass is 16.2. The van der Waals surface area contributed by atoms with Crippen LogP contribution in [0.15, 0.2) is 42.7 Å². The normalized spacial score (nSPS) is 14.3. The van der Waals surface area contributed by atoms with Gasteiger partial charge in [-0.05, 0) is 37.1 Å². The molecule has 5 nitrogen and oxygen atoms in total. The number of carbonyl (C=O) groups excluding carboxylic acids is 1. The number of rotatable bonds is 2. The van der Waals surface area contributed by atoms with E-state index in [-0.39, 0.29) is 6.03 Å². The van der Waals surface area contributed by atoms with Gasteiger partial charge in [-0.2, -0.15) is 0 Å². The van der Waals surface area contributed by atoms with Crippen molar-refractivity contribution < 1.29 is 4.79 Å². The number of urea groups is 1. The smallest absolute Gasteiger partial charge is 0.319 e. The number of anilines is 1. The number of carbonyl (C=O) groups is 1. The Morgan fingerprint density at radius 2 is 1.86 bits per heavy atom. The molecule has 1 aliphatic rings. The summed E-state index contributed by atoms with van der Waals surface area (Å²) in [6.45, 7) is 0. The summed E-state index contributed by atoms with van der Waals surface area (Å²) in [4.78, 5) is 20.8. The second kappa shape index (κ2) is 4.70. The van der Waals surface area contributed by atoms with Gasteiger partial charge in [-0.3, -0.25) is 9.97 Å². The van der Waals surface area contributed by atoms with Crippen LogP contribution in [-0.2, 0) is 0 Å². The minimum absolute atomic E-state index is 0.161. The van der Waals surface area contributed by atoms with Gasteiger partial charge in [0.2, 0.25) is 0 Å². The van der Waals surface area contributed by atoms with Crippen LogP contribution in [0.25, 0.3) is 21.8 Å². The van der Waals surface area contributed by atoms with Crippen LogP contribution in [0.5, 0.6) is 0 Å². The van der Waals surface area contributed by atoms with E-state index < -0.39 is 0 Å². The van der Waals surface area contributed by atoms with Crippen molar-refractivity contribution in [2.75, 3.05) is 5.32 Å². The Balaban J connectivity index is 1.83. The predicted octanol–water partition coefficient (Wildman–Crippen LogP) is 3.07. The summed E-state index contributed by atoms with van der Waals surface area (Å²) >= 11 is 0. The maximum Gasteiger partial charge on any atom is 0.319 e. The minimum atomic E-state index is -0.161. The molecule has 0 spiro atoms. The Labute approximate surface area is 121 Å². The molecule has 21 heavy (non-hydrogen) atoms. The SMILES string of the molecule is O=C(Nc1cc2cccnc2c2ncccc12)NC1CC1. The van der Waals surface area contributed by atoms with Crippen LogP contribution in [0.3, 0.4) is 0 Å². The topological polar surface area (TPSA) is 66.9 Å². The Hall–Kier alpha value is -2.69. The van der Waals surface area contributed by atoms with Gasteiger partial charge in [0, 0.05) is 29.2 Å². The van der Waals surface area contributed by atoms with Gasteiger partial charge in [-0.15, -0.1) is 0 Å². The van der Waals surface area contributed by atoms with Crippen molar-refractivity contribution in [3.63, 3.8) is 0 Å². The van der Waals surface area contributed by atoms with Crippen molar-refractivity contribution in [1.29, 1.82) is 0 Å². The van der Waals surface area contributed by atoms with E-state index in [1.807, 2.05) is 30.3 Å². The highest BCUT2D eigenvalue weighted by Gasteiger charge is 2.23. The Morgan fingerprint density at radius 3 is 2.67 bits per heavy atom. The van der Waals surface area contributed by atoms with Crippen molar-refractivity contribution in [2.24, 2.45) is 0 Å². The van der Waals surface area contributed by atoms with E-state index in [1.165, 1.54) is 0 Å². The zero-order valence-corrected chi connectivity index (χ0v) is 11.3. The van der Waals surface area contributed by atoms with Crippen molar-refractivity contribution >= 4 is 33.5 Å². The minimum Gasteiger partial charge on any atom is -0.335 e. The fourth-order valence-corrected chi connectivity index (χ4v) is 2.45. The Bertz CT molecular complexity index is 842. The quantitative estimate of drug-likeness (QED) is 0.708. The van der Waals surface area contributed by atoms with E-state index in [4.69, 9.17) is 0 Å². The number of fused-ring (bicyclic) bond motifs is 3. The number of hydrogen-bond donors (Lipinski definition) is 2. The molecule has 3 aromatic rings. The van der Waals surface area contributed by atoms with Crippen LogP contribution in [-0.4, -0.2) is 22.0 Å². The molecule has 0 radical (unpaired) electrons. The summed E-state index contributed by atoms with van der Waals surface area (Å²) < 4.78 is 0. The molecule has 104 valence electrons. The van der Waals surface area contributed by atoms with Gasteiger partial charge >= 0.3 is 6.03 Å². The van der Waals surface area contributed by atoms with Crippen molar-refractivity contribution in [3.8, 4) is 0 Å². The molecule has 2 heterocycles. The average molecular weight is 278 g/mol. The second-order valence-corrected chi connectivity index (χ2v) is 5.27. The number of amides is 2. The van der Waals surface area contributed by atoms with E-state index in [0.717, 1.165) is 40.3 Å². The van der Waals surface area contributed by atoms with Crippen LogP contribution >= 0.6 is 0 Å². The predicted molar refractivity (Wildman–Crippen MR) is 82.2 cm³/mol. The molecule has 1 aliphatic carbocycles. The van der Waals surface area contributed by atoms with Crippen LogP contribution in [0.1, 0.15) is 12.8 Å². The van der Waals surface area contributed by atoms with Gasteiger partial charge < -0.3 is 10.6 Å². The van der Waals surface area contributed by atoms with E-state index >= 15 is 0 Å². The lowest BCUT2D eigenvalue weighted by Crippen LogP contribution is -2.30.